The van der Waals surface area contributed by atoms with E-state index in [1.54, 1.807) is 26.4 Å². The lowest BCUT2D eigenvalue weighted by Gasteiger charge is -2.11. The normalized spacial score (nSPS) is 10.6. The van der Waals surface area contributed by atoms with Crippen molar-refractivity contribution in [2.45, 2.75) is 5.03 Å². The zero-order valence-corrected chi connectivity index (χ0v) is 18.0. The Kier molecular flexibility index (Phi) is 6.33. The molecule has 0 fully saturated rings. The number of rotatable bonds is 7. The monoisotopic (exact) mass is 431 g/mol. The highest BCUT2D eigenvalue weighted by molar-refractivity contribution is 8.00. The minimum Gasteiger partial charge on any atom is -0.497 e. The van der Waals surface area contributed by atoms with Crippen LogP contribution >= 0.6 is 11.8 Å². The average Bonchev–Trinajstić information content (AvgIpc) is 2.83. The molecule has 4 rings (SSSR count). The number of fused-ring (bicyclic) bond motifs is 1. The molecule has 1 aromatic heterocycles. The fourth-order valence-corrected chi connectivity index (χ4v) is 3.91. The number of benzene rings is 3. The summed E-state index contributed by atoms with van der Waals surface area (Å²) in [6.45, 7) is 0. The van der Waals surface area contributed by atoms with Gasteiger partial charge in [0, 0.05) is 10.9 Å². The minimum absolute atomic E-state index is 0.148. The van der Waals surface area contributed by atoms with Gasteiger partial charge in [-0.2, -0.15) is 0 Å². The second-order valence-electron chi connectivity index (χ2n) is 6.64. The molecule has 0 saturated heterocycles. The van der Waals surface area contributed by atoms with E-state index in [0.717, 1.165) is 21.5 Å². The third kappa shape index (κ3) is 4.78. The van der Waals surface area contributed by atoms with Gasteiger partial charge in [-0.1, -0.05) is 54.2 Å². The number of carbonyl (C=O) groups excluding carboxylic acids is 1. The number of hydrogen-bond donors (Lipinski definition) is 1. The Morgan fingerprint density at radius 3 is 2.48 bits per heavy atom. The lowest BCUT2D eigenvalue weighted by atomic mass is 10.2. The lowest BCUT2D eigenvalue weighted by molar-refractivity contribution is -0.113. The fraction of sp³-hybridized carbons (Fsp3) is 0.125. The molecule has 0 aliphatic rings. The number of nitrogens with zero attached hydrogens (tertiary/aromatic N) is 2. The number of ether oxygens (including phenoxy) is 2. The number of anilines is 1. The quantitative estimate of drug-likeness (QED) is 0.326. The smallest absolute Gasteiger partial charge is 0.234 e. The Morgan fingerprint density at radius 1 is 0.935 bits per heavy atom. The van der Waals surface area contributed by atoms with Gasteiger partial charge in [-0.15, -0.1) is 0 Å². The molecule has 0 bridgehead atoms. The molecule has 0 saturated carbocycles. The number of para-hydroxylation sites is 2. The molecule has 1 amide bonds. The maximum absolute atomic E-state index is 12.6. The van der Waals surface area contributed by atoms with Crippen molar-refractivity contribution in [2.24, 2.45) is 0 Å². The summed E-state index contributed by atoms with van der Waals surface area (Å²) in [5, 5.41) is 4.46. The maximum Gasteiger partial charge on any atom is 0.234 e. The largest absolute Gasteiger partial charge is 0.497 e. The summed E-state index contributed by atoms with van der Waals surface area (Å²) in [5.41, 5.74) is 2.35. The first-order valence-corrected chi connectivity index (χ1v) is 10.6. The third-order valence-electron chi connectivity index (χ3n) is 4.62. The molecule has 0 spiro atoms. The highest BCUT2D eigenvalue weighted by Gasteiger charge is 2.14. The summed E-state index contributed by atoms with van der Waals surface area (Å²) >= 11 is 1.36. The fourth-order valence-electron chi connectivity index (χ4n) is 3.10. The van der Waals surface area contributed by atoms with Crippen LogP contribution in [0.5, 0.6) is 11.5 Å². The Labute approximate surface area is 184 Å². The summed E-state index contributed by atoms with van der Waals surface area (Å²) in [6, 6.07) is 22.8. The maximum atomic E-state index is 12.6. The zero-order chi connectivity index (χ0) is 21.6. The van der Waals surface area contributed by atoms with Gasteiger partial charge in [0.15, 0.2) is 5.82 Å². The number of aromatic nitrogens is 2. The summed E-state index contributed by atoms with van der Waals surface area (Å²) < 4.78 is 10.7. The third-order valence-corrected chi connectivity index (χ3v) is 5.61. The van der Waals surface area contributed by atoms with Crippen LogP contribution in [-0.2, 0) is 4.79 Å². The van der Waals surface area contributed by atoms with Gasteiger partial charge < -0.3 is 14.8 Å². The van der Waals surface area contributed by atoms with E-state index in [4.69, 9.17) is 19.4 Å². The number of hydrogen-bond acceptors (Lipinski definition) is 6. The second kappa shape index (κ2) is 9.49. The SMILES string of the molecule is COc1ccc2nc(-c3ccccc3)nc(SCC(=O)Nc3ccccc3OC)c2c1. The summed E-state index contributed by atoms with van der Waals surface area (Å²) in [5.74, 6) is 1.99. The van der Waals surface area contributed by atoms with E-state index in [-0.39, 0.29) is 11.7 Å². The molecule has 6 nitrogen and oxygen atoms in total. The highest BCUT2D eigenvalue weighted by atomic mass is 32.2. The second-order valence-corrected chi connectivity index (χ2v) is 7.60. The lowest BCUT2D eigenvalue weighted by Crippen LogP contribution is -2.14. The van der Waals surface area contributed by atoms with Gasteiger partial charge in [0.25, 0.3) is 0 Å². The Hall–Kier alpha value is -3.58. The Bertz CT molecular complexity index is 1220. The molecule has 7 heteroatoms. The molecule has 1 N–H and O–H groups in total. The first kappa shape index (κ1) is 20.7. The van der Waals surface area contributed by atoms with E-state index >= 15 is 0 Å². The number of carbonyl (C=O) groups is 1. The van der Waals surface area contributed by atoms with Crippen LogP contribution in [0.25, 0.3) is 22.3 Å². The van der Waals surface area contributed by atoms with Gasteiger partial charge in [0.05, 0.1) is 31.2 Å². The van der Waals surface area contributed by atoms with Gasteiger partial charge in [0.1, 0.15) is 16.5 Å². The van der Waals surface area contributed by atoms with Crippen LogP contribution in [0.1, 0.15) is 0 Å². The molecule has 3 aromatic carbocycles. The van der Waals surface area contributed by atoms with Crippen molar-refractivity contribution >= 4 is 34.3 Å². The summed E-state index contributed by atoms with van der Waals surface area (Å²) in [6.07, 6.45) is 0. The number of nitrogens with one attached hydrogen (secondary N) is 1. The van der Waals surface area contributed by atoms with Crippen molar-refractivity contribution in [1.29, 1.82) is 0 Å². The van der Waals surface area contributed by atoms with Crippen LogP contribution in [-0.4, -0.2) is 35.8 Å². The minimum atomic E-state index is -0.148. The molecule has 0 radical (unpaired) electrons. The van der Waals surface area contributed by atoms with Crippen molar-refractivity contribution in [3.8, 4) is 22.9 Å². The molecule has 0 unspecified atom stereocenters. The van der Waals surface area contributed by atoms with Gasteiger partial charge in [-0.25, -0.2) is 9.97 Å². The number of amides is 1. The molecule has 4 aromatic rings. The molecule has 156 valence electrons. The topological polar surface area (TPSA) is 73.3 Å². The van der Waals surface area contributed by atoms with E-state index in [0.29, 0.717) is 23.0 Å². The molecule has 1 heterocycles. The van der Waals surface area contributed by atoms with Crippen molar-refractivity contribution in [3.63, 3.8) is 0 Å². The molecule has 31 heavy (non-hydrogen) atoms. The zero-order valence-electron chi connectivity index (χ0n) is 17.2. The van der Waals surface area contributed by atoms with Crippen LogP contribution < -0.4 is 14.8 Å². The van der Waals surface area contributed by atoms with Gasteiger partial charge >= 0.3 is 0 Å². The van der Waals surface area contributed by atoms with E-state index in [1.165, 1.54) is 11.8 Å². The van der Waals surface area contributed by atoms with Crippen LogP contribution in [0.4, 0.5) is 5.69 Å². The van der Waals surface area contributed by atoms with Crippen molar-refractivity contribution in [2.75, 3.05) is 25.3 Å². The molecule has 0 aliphatic heterocycles. The van der Waals surface area contributed by atoms with Gasteiger partial charge in [-0.3, -0.25) is 4.79 Å². The van der Waals surface area contributed by atoms with Crippen LogP contribution in [0.3, 0.4) is 0 Å². The van der Waals surface area contributed by atoms with Gasteiger partial charge in [0.2, 0.25) is 5.91 Å². The molecular weight excluding hydrogens is 410 g/mol. The van der Waals surface area contributed by atoms with Crippen LogP contribution in [0.15, 0.2) is 77.8 Å². The predicted molar refractivity (Wildman–Crippen MR) is 124 cm³/mol. The summed E-state index contributed by atoms with van der Waals surface area (Å²) in [7, 11) is 3.19. The first-order chi connectivity index (χ1) is 15.2. The Morgan fingerprint density at radius 2 is 1.71 bits per heavy atom. The molecule has 0 aliphatic carbocycles. The van der Waals surface area contributed by atoms with Crippen LogP contribution in [0.2, 0.25) is 0 Å². The predicted octanol–water partition coefficient (Wildman–Crippen LogP) is 5.04. The Balaban J connectivity index is 1.62. The molecule has 0 atom stereocenters. The first-order valence-electron chi connectivity index (χ1n) is 9.65. The van der Waals surface area contributed by atoms with Gasteiger partial charge in [-0.05, 0) is 30.3 Å². The van der Waals surface area contributed by atoms with E-state index in [9.17, 15) is 4.79 Å². The van der Waals surface area contributed by atoms with Crippen molar-refractivity contribution in [3.05, 3.63) is 72.8 Å². The number of thioether (sulfide) groups is 1. The average molecular weight is 432 g/mol. The van der Waals surface area contributed by atoms with Crippen LogP contribution in [0, 0.1) is 0 Å². The highest BCUT2D eigenvalue weighted by Crippen LogP contribution is 2.31. The van der Waals surface area contributed by atoms with Crippen molar-refractivity contribution < 1.29 is 14.3 Å². The number of methoxy groups -OCH3 is 2. The van der Waals surface area contributed by atoms with E-state index in [2.05, 4.69) is 5.32 Å². The standard InChI is InChI=1S/C24H21N3O3S/c1-29-17-12-13-19-18(14-17)24(27-23(26-19)16-8-4-3-5-9-16)31-15-22(28)25-20-10-6-7-11-21(20)30-2/h3-14H,15H2,1-2H3,(H,25,28). The van der Waals surface area contributed by atoms with E-state index < -0.39 is 0 Å². The molecular formula is C24H21N3O3S. The summed E-state index contributed by atoms with van der Waals surface area (Å²) in [4.78, 5) is 22.1. The van der Waals surface area contributed by atoms with Crippen molar-refractivity contribution in [1.82, 2.24) is 9.97 Å². The van der Waals surface area contributed by atoms with E-state index in [1.807, 2.05) is 60.7 Å².